The van der Waals surface area contributed by atoms with Crippen molar-refractivity contribution >= 4 is 24.0 Å². The molecule has 1 fully saturated rings. The van der Waals surface area contributed by atoms with Crippen molar-refractivity contribution in [2.75, 3.05) is 25.5 Å². The molecule has 0 aromatic heterocycles. The van der Waals surface area contributed by atoms with Gasteiger partial charge in [-0.2, -0.15) is 0 Å². The van der Waals surface area contributed by atoms with Gasteiger partial charge in [-0.25, -0.2) is 0 Å². The van der Waals surface area contributed by atoms with Gasteiger partial charge in [0.25, 0.3) is 0 Å². The zero-order valence-electron chi connectivity index (χ0n) is 12.6. The third-order valence-electron chi connectivity index (χ3n) is 3.24. The lowest BCUT2D eigenvalue weighted by atomic mass is 10.1. The highest BCUT2D eigenvalue weighted by Crippen LogP contribution is 2.30. The van der Waals surface area contributed by atoms with Gasteiger partial charge < -0.3 is 20.1 Å². The maximum Gasteiger partial charge on any atom is 0.228 e. The van der Waals surface area contributed by atoms with E-state index in [1.54, 1.807) is 13.2 Å². The number of rotatable bonds is 5. The number of ether oxygens (including phenoxy) is 2. The first kappa shape index (κ1) is 17.6. The van der Waals surface area contributed by atoms with Crippen LogP contribution in [-0.4, -0.2) is 32.2 Å². The highest BCUT2D eigenvalue weighted by Gasteiger charge is 2.23. The van der Waals surface area contributed by atoms with Gasteiger partial charge >= 0.3 is 0 Å². The Morgan fingerprint density at radius 2 is 2.19 bits per heavy atom. The molecule has 1 saturated heterocycles. The second-order valence-corrected chi connectivity index (χ2v) is 5.21. The van der Waals surface area contributed by atoms with Crippen LogP contribution in [0.1, 0.15) is 20.3 Å². The van der Waals surface area contributed by atoms with Crippen molar-refractivity contribution in [3.8, 4) is 11.5 Å². The molecule has 1 aliphatic heterocycles. The molecule has 0 spiro atoms. The first-order valence-electron chi connectivity index (χ1n) is 6.96. The van der Waals surface area contributed by atoms with Crippen molar-refractivity contribution in [1.82, 2.24) is 5.32 Å². The molecule has 0 aliphatic carbocycles. The quantitative estimate of drug-likeness (QED) is 0.876. The smallest absolute Gasteiger partial charge is 0.228 e. The topological polar surface area (TPSA) is 59.6 Å². The van der Waals surface area contributed by atoms with Gasteiger partial charge in [-0.15, -0.1) is 12.4 Å². The number of nitrogens with one attached hydrogen (secondary N) is 2. The minimum Gasteiger partial charge on any atom is -0.497 e. The van der Waals surface area contributed by atoms with Gasteiger partial charge in [0.15, 0.2) is 0 Å². The maximum atomic E-state index is 12.2. The molecule has 1 atom stereocenters. The second-order valence-electron chi connectivity index (χ2n) is 5.21. The summed E-state index contributed by atoms with van der Waals surface area (Å²) < 4.78 is 10.9. The van der Waals surface area contributed by atoms with Crippen molar-refractivity contribution in [3.63, 3.8) is 0 Å². The van der Waals surface area contributed by atoms with E-state index in [9.17, 15) is 4.79 Å². The second kappa shape index (κ2) is 8.10. The molecule has 1 aliphatic rings. The van der Waals surface area contributed by atoms with Crippen molar-refractivity contribution in [2.24, 2.45) is 5.92 Å². The number of benzene rings is 1. The number of carbonyl (C=O) groups excluding carboxylic acids is 1. The molecule has 1 heterocycles. The largest absolute Gasteiger partial charge is 0.497 e. The highest BCUT2D eigenvalue weighted by molar-refractivity contribution is 5.94. The Hall–Kier alpha value is -1.46. The van der Waals surface area contributed by atoms with E-state index >= 15 is 0 Å². The zero-order chi connectivity index (χ0) is 14.5. The summed E-state index contributed by atoms with van der Waals surface area (Å²) in [6, 6.07) is 5.43. The van der Waals surface area contributed by atoms with Crippen LogP contribution < -0.4 is 20.1 Å². The molecule has 1 unspecified atom stereocenters. The van der Waals surface area contributed by atoms with Crippen molar-refractivity contribution < 1.29 is 14.3 Å². The minimum absolute atomic E-state index is 0. The predicted molar refractivity (Wildman–Crippen MR) is 85.6 cm³/mol. The van der Waals surface area contributed by atoms with E-state index in [1.807, 2.05) is 26.0 Å². The first-order chi connectivity index (χ1) is 9.60. The van der Waals surface area contributed by atoms with E-state index in [1.165, 1.54) is 0 Å². The maximum absolute atomic E-state index is 12.2. The summed E-state index contributed by atoms with van der Waals surface area (Å²) in [5, 5.41) is 6.14. The molecule has 2 rings (SSSR count). The fourth-order valence-corrected chi connectivity index (χ4v) is 2.20. The van der Waals surface area contributed by atoms with Crippen LogP contribution >= 0.6 is 12.4 Å². The Morgan fingerprint density at radius 3 is 2.76 bits per heavy atom. The number of methoxy groups -OCH3 is 1. The van der Waals surface area contributed by atoms with Crippen LogP contribution in [0.15, 0.2) is 18.2 Å². The molecule has 1 aromatic rings. The van der Waals surface area contributed by atoms with Crippen LogP contribution in [0.25, 0.3) is 0 Å². The van der Waals surface area contributed by atoms with E-state index in [4.69, 9.17) is 9.47 Å². The predicted octanol–water partition coefficient (Wildman–Crippen LogP) is 2.45. The fourth-order valence-electron chi connectivity index (χ4n) is 2.20. The summed E-state index contributed by atoms with van der Waals surface area (Å²) >= 11 is 0. The van der Waals surface area contributed by atoms with E-state index in [0.717, 1.165) is 19.5 Å². The number of hydrogen-bond donors (Lipinski definition) is 2. The summed E-state index contributed by atoms with van der Waals surface area (Å²) in [5.74, 6) is 1.41. The van der Waals surface area contributed by atoms with Crippen LogP contribution in [0.3, 0.4) is 0 Å². The van der Waals surface area contributed by atoms with Gasteiger partial charge in [0.05, 0.1) is 24.8 Å². The summed E-state index contributed by atoms with van der Waals surface area (Å²) in [6.45, 7) is 5.54. The van der Waals surface area contributed by atoms with Crippen LogP contribution in [-0.2, 0) is 4.79 Å². The number of amides is 1. The third kappa shape index (κ3) is 4.79. The lowest BCUT2D eigenvalue weighted by Gasteiger charge is -2.17. The molecule has 0 saturated carbocycles. The SMILES string of the molecule is COc1ccc(OC(C)C)c(NC(=O)C2CCNC2)c1.Cl. The lowest BCUT2D eigenvalue weighted by molar-refractivity contribution is -0.119. The monoisotopic (exact) mass is 314 g/mol. The van der Waals surface area contributed by atoms with Gasteiger partial charge in [-0.05, 0) is 38.9 Å². The summed E-state index contributed by atoms with van der Waals surface area (Å²) in [6.07, 6.45) is 0.920. The summed E-state index contributed by atoms with van der Waals surface area (Å²) in [4.78, 5) is 12.2. The van der Waals surface area contributed by atoms with Crippen molar-refractivity contribution in [3.05, 3.63) is 18.2 Å². The van der Waals surface area contributed by atoms with Crippen LogP contribution in [0.2, 0.25) is 0 Å². The Balaban J connectivity index is 0.00000220. The van der Waals surface area contributed by atoms with Crippen molar-refractivity contribution in [1.29, 1.82) is 0 Å². The summed E-state index contributed by atoms with van der Waals surface area (Å²) in [7, 11) is 1.60. The van der Waals surface area contributed by atoms with Gasteiger partial charge in [-0.3, -0.25) is 4.79 Å². The molecule has 0 bridgehead atoms. The molecule has 2 N–H and O–H groups in total. The number of anilines is 1. The van der Waals surface area contributed by atoms with E-state index in [0.29, 0.717) is 17.2 Å². The molecule has 0 radical (unpaired) electrons. The van der Waals surface area contributed by atoms with E-state index in [-0.39, 0.29) is 30.3 Å². The average molecular weight is 315 g/mol. The van der Waals surface area contributed by atoms with Gasteiger partial charge in [-0.1, -0.05) is 0 Å². The standard InChI is InChI=1S/C15H22N2O3.ClH/c1-10(2)20-14-5-4-12(19-3)8-13(14)17-15(18)11-6-7-16-9-11;/h4-5,8,10-11,16H,6-7,9H2,1-3H3,(H,17,18);1H. The average Bonchev–Trinajstić information content (AvgIpc) is 2.94. The molecule has 118 valence electrons. The Kier molecular flexibility index (Phi) is 6.78. The van der Waals surface area contributed by atoms with Crippen LogP contribution in [0, 0.1) is 5.92 Å². The highest BCUT2D eigenvalue weighted by atomic mass is 35.5. The first-order valence-corrected chi connectivity index (χ1v) is 6.96. The molecule has 5 nitrogen and oxygen atoms in total. The molecule has 6 heteroatoms. The fraction of sp³-hybridized carbons (Fsp3) is 0.533. The van der Waals surface area contributed by atoms with Gasteiger partial charge in [0, 0.05) is 12.6 Å². The molecular weight excluding hydrogens is 292 g/mol. The minimum atomic E-state index is 0. The van der Waals surface area contributed by atoms with Crippen LogP contribution in [0.5, 0.6) is 11.5 Å². The lowest BCUT2D eigenvalue weighted by Crippen LogP contribution is -2.25. The van der Waals surface area contributed by atoms with Gasteiger partial charge in [0.2, 0.25) is 5.91 Å². The Labute approximate surface area is 131 Å². The van der Waals surface area contributed by atoms with Crippen molar-refractivity contribution in [2.45, 2.75) is 26.4 Å². The normalized spacial score (nSPS) is 17.2. The number of carbonyl (C=O) groups is 1. The zero-order valence-corrected chi connectivity index (χ0v) is 13.5. The third-order valence-corrected chi connectivity index (χ3v) is 3.24. The molecular formula is C15H23ClN2O3. The van der Waals surface area contributed by atoms with Gasteiger partial charge in [0.1, 0.15) is 11.5 Å². The van der Waals surface area contributed by atoms with E-state index in [2.05, 4.69) is 10.6 Å². The molecule has 21 heavy (non-hydrogen) atoms. The number of halogens is 1. The summed E-state index contributed by atoms with van der Waals surface area (Å²) in [5.41, 5.74) is 0.662. The van der Waals surface area contributed by atoms with E-state index < -0.39 is 0 Å². The molecule has 1 amide bonds. The Morgan fingerprint density at radius 1 is 1.43 bits per heavy atom. The Bertz CT molecular complexity index is 474. The van der Waals surface area contributed by atoms with Crippen LogP contribution in [0.4, 0.5) is 5.69 Å². The molecule has 1 aromatic carbocycles. The number of hydrogen-bond acceptors (Lipinski definition) is 4.